The van der Waals surface area contributed by atoms with Crippen LogP contribution < -0.4 is 0 Å². The number of hydrogen-bond donors (Lipinski definition) is 2. The first-order valence-corrected chi connectivity index (χ1v) is 5.83. The van der Waals surface area contributed by atoms with Gasteiger partial charge < -0.3 is 10.1 Å². The summed E-state index contributed by atoms with van der Waals surface area (Å²) in [4.78, 5) is 7.67. The molecule has 2 aromatic heterocycles. The molecule has 0 fully saturated rings. The second kappa shape index (κ2) is 3.86. The molecule has 1 aromatic carbocycles. The quantitative estimate of drug-likeness (QED) is 0.706. The van der Waals surface area contributed by atoms with Gasteiger partial charge in [0.2, 0.25) is 0 Å². The van der Waals surface area contributed by atoms with E-state index in [0.29, 0.717) is 0 Å². The summed E-state index contributed by atoms with van der Waals surface area (Å²) >= 11 is 0. The molecule has 0 spiro atoms. The zero-order valence-electron chi connectivity index (χ0n) is 9.70. The van der Waals surface area contributed by atoms with Gasteiger partial charge in [0.1, 0.15) is 0 Å². The van der Waals surface area contributed by atoms with Gasteiger partial charge in [-0.15, -0.1) is 0 Å². The van der Waals surface area contributed by atoms with Crippen LogP contribution in [0.1, 0.15) is 18.2 Å². The lowest BCUT2D eigenvalue weighted by molar-refractivity contribution is 0.276. The highest BCUT2D eigenvalue weighted by Gasteiger charge is 2.11. The monoisotopic (exact) mass is 226 g/mol. The molecule has 0 aliphatic heterocycles. The van der Waals surface area contributed by atoms with Crippen molar-refractivity contribution in [3.8, 4) is 0 Å². The first-order valence-electron chi connectivity index (χ1n) is 5.83. The van der Waals surface area contributed by atoms with Crippen LogP contribution in [0.25, 0.3) is 21.8 Å². The molecule has 0 bridgehead atoms. The highest BCUT2D eigenvalue weighted by atomic mass is 16.3. The van der Waals surface area contributed by atoms with Crippen molar-refractivity contribution in [3.63, 3.8) is 0 Å². The third-order valence-electron chi connectivity index (χ3n) is 3.24. The van der Waals surface area contributed by atoms with Crippen LogP contribution >= 0.6 is 0 Å². The minimum atomic E-state index is -0.00137. The van der Waals surface area contributed by atoms with E-state index in [1.54, 1.807) is 6.20 Å². The Bertz CT molecular complexity index is 685. The van der Waals surface area contributed by atoms with Gasteiger partial charge in [-0.3, -0.25) is 4.98 Å². The minimum Gasteiger partial charge on any atom is -0.390 e. The Morgan fingerprint density at radius 1 is 1.24 bits per heavy atom. The molecule has 3 rings (SSSR count). The maximum Gasteiger partial charge on any atom is 0.0856 e. The number of rotatable bonds is 2. The zero-order valence-corrected chi connectivity index (χ0v) is 9.70. The number of para-hydroxylation sites is 1. The summed E-state index contributed by atoms with van der Waals surface area (Å²) in [5.41, 5.74) is 4.08. The van der Waals surface area contributed by atoms with Crippen LogP contribution in [0.5, 0.6) is 0 Å². The van der Waals surface area contributed by atoms with Crippen molar-refractivity contribution in [2.45, 2.75) is 20.0 Å². The molecule has 0 saturated carbocycles. The number of aromatic nitrogens is 2. The van der Waals surface area contributed by atoms with Crippen LogP contribution in [-0.4, -0.2) is 15.1 Å². The molecule has 3 heteroatoms. The number of fused-ring (bicyclic) bond motifs is 3. The Balaban J connectivity index is 2.51. The molecule has 2 heterocycles. The van der Waals surface area contributed by atoms with E-state index in [1.807, 2.05) is 12.1 Å². The number of aliphatic hydroxyl groups is 1. The summed E-state index contributed by atoms with van der Waals surface area (Å²) in [6, 6.07) is 8.22. The molecule has 17 heavy (non-hydrogen) atoms. The lowest BCUT2D eigenvalue weighted by Crippen LogP contribution is -1.97. The second-order valence-corrected chi connectivity index (χ2v) is 4.15. The summed E-state index contributed by atoms with van der Waals surface area (Å²) in [6.07, 6.45) is 2.68. The van der Waals surface area contributed by atoms with Crippen molar-refractivity contribution in [1.29, 1.82) is 0 Å². The molecule has 0 saturated heterocycles. The molecular weight excluding hydrogens is 212 g/mol. The molecule has 0 aliphatic rings. The molecule has 0 atom stereocenters. The summed E-state index contributed by atoms with van der Waals surface area (Å²) < 4.78 is 0. The van der Waals surface area contributed by atoms with E-state index in [2.05, 4.69) is 29.0 Å². The largest absolute Gasteiger partial charge is 0.390 e. The third-order valence-corrected chi connectivity index (χ3v) is 3.24. The molecule has 3 nitrogen and oxygen atoms in total. The van der Waals surface area contributed by atoms with Gasteiger partial charge in [0.25, 0.3) is 0 Å². The predicted molar refractivity (Wildman–Crippen MR) is 68.9 cm³/mol. The lowest BCUT2D eigenvalue weighted by atomic mass is 10.0. The van der Waals surface area contributed by atoms with Gasteiger partial charge in [0.15, 0.2) is 0 Å². The standard InChI is InChI=1S/C14H14N2O/c1-2-9-13(8-17)15-7-12-14(9)10-5-3-4-6-11(10)16-12/h3-7,16-17H,2,8H2,1H3. The van der Waals surface area contributed by atoms with E-state index in [-0.39, 0.29) is 6.61 Å². The number of nitrogens with zero attached hydrogens (tertiary/aromatic N) is 1. The highest BCUT2D eigenvalue weighted by Crippen LogP contribution is 2.29. The normalized spacial score (nSPS) is 11.4. The number of H-pyrrole nitrogens is 1. The van der Waals surface area contributed by atoms with Gasteiger partial charge in [0, 0.05) is 16.3 Å². The maximum absolute atomic E-state index is 9.35. The average Bonchev–Trinajstić information content (AvgIpc) is 2.76. The highest BCUT2D eigenvalue weighted by molar-refractivity contribution is 6.08. The van der Waals surface area contributed by atoms with Gasteiger partial charge in [-0.25, -0.2) is 0 Å². The predicted octanol–water partition coefficient (Wildman–Crippen LogP) is 2.77. The number of nitrogens with one attached hydrogen (secondary N) is 1. The smallest absolute Gasteiger partial charge is 0.0856 e. The van der Waals surface area contributed by atoms with Crippen LogP contribution in [0.4, 0.5) is 0 Å². The minimum absolute atomic E-state index is 0.00137. The lowest BCUT2D eigenvalue weighted by Gasteiger charge is -2.05. The van der Waals surface area contributed by atoms with E-state index in [4.69, 9.17) is 0 Å². The van der Waals surface area contributed by atoms with Crippen molar-refractivity contribution in [3.05, 3.63) is 41.7 Å². The Morgan fingerprint density at radius 2 is 2.06 bits per heavy atom. The first kappa shape index (κ1) is 10.3. The van der Waals surface area contributed by atoms with E-state index in [9.17, 15) is 5.11 Å². The molecule has 2 N–H and O–H groups in total. The van der Waals surface area contributed by atoms with E-state index < -0.39 is 0 Å². The summed E-state index contributed by atoms with van der Waals surface area (Å²) in [5.74, 6) is 0. The van der Waals surface area contributed by atoms with E-state index in [1.165, 1.54) is 10.8 Å². The topological polar surface area (TPSA) is 48.9 Å². The fourth-order valence-electron chi connectivity index (χ4n) is 2.47. The number of hydrogen-bond acceptors (Lipinski definition) is 2. The van der Waals surface area contributed by atoms with Crippen molar-refractivity contribution < 1.29 is 5.11 Å². The van der Waals surface area contributed by atoms with Crippen LogP contribution in [0.3, 0.4) is 0 Å². The second-order valence-electron chi connectivity index (χ2n) is 4.15. The van der Waals surface area contributed by atoms with Crippen molar-refractivity contribution >= 4 is 21.8 Å². The van der Waals surface area contributed by atoms with Gasteiger partial charge in [-0.1, -0.05) is 25.1 Å². The van der Waals surface area contributed by atoms with Gasteiger partial charge in [-0.05, 0) is 18.1 Å². The van der Waals surface area contributed by atoms with Crippen molar-refractivity contribution in [2.24, 2.45) is 0 Å². The molecule has 86 valence electrons. The molecular formula is C14H14N2O. The molecule has 0 radical (unpaired) electrons. The third kappa shape index (κ3) is 1.43. The number of aryl methyl sites for hydroxylation is 1. The maximum atomic E-state index is 9.35. The zero-order chi connectivity index (χ0) is 11.8. The summed E-state index contributed by atoms with van der Waals surface area (Å²) in [6.45, 7) is 2.09. The number of aromatic amines is 1. The first-order chi connectivity index (χ1) is 8.35. The Kier molecular flexibility index (Phi) is 2.34. The van der Waals surface area contributed by atoms with Crippen molar-refractivity contribution in [2.75, 3.05) is 0 Å². The summed E-state index contributed by atoms with van der Waals surface area (Å²) in [7, 11) is 0. The number of benzene rings is 1. The fraction of sp³-hybridized carbons (Fsp3) is 0.214. The Labute approximate surface area is 99.1 Å². The number of pyridine rings is 1. The molecule has 0 unspecified atom stereocenters. The average molecular weight is 226 g/mol. The van der Waals surface area contributed by atoms with Crippen LogP contribution in [-0.2, 0) is 13.0 Å². The molecule has 3 aromatic rings. The number of aliphatic hydroxyl groups excluding tert-OH is 1. The Morgan fingerprint density at radius 3 is 2.82 bits per heavy atom. The van der Waals surface area contributed by atoms with Gasteiger partial charge >= 0.3 is 0 Å². The van der Waals surface area contributed by atoms with E-state index >= 15 is 0 Å². The van der Waals surface area contributed by atoms with Crippen LogP contribution in [0.2, 0.25) is 0 Å². The Hall–Kier alpha value is -1.87. The fourth-order valence-corrected chi connectivity index (χ4v) is 2.47. The van der Waals surface area contributed by atoms with Crippen LogP contribution in [0, 0.1) is 0 Å². The van der Waals surface area contributed by atoms with Crippen molar-refractivity contribution in [1.82, 2.24) is 9.97 Å². The summed E-state index contributed by atoms with van der Waals surface area (Å²) in [5, 5.41) is 11.7. The van der Waals surface area contributed by atoms with Gasteiger partial charge in [-0.2, -0.15) is 0 Å². The van der Waals surface area contributed by atoms with Gasteiger partial charge in [0.05, 0.1) is 24.0 Å². The molecule has 0 amide bonds. The van der Waals surface area contributed by atoms with E-state index in [0.717, 1.165) is 28.7 Å². The SMILES string of the molecule is CCc1c(CO)ncc2[nH]c3ccccc3c12. The molecule has 0 aliphatic carbocycles. The van der Waals surface area contributed by atoms with Crippen LogP contribution in [0.15, 0.2) is 30.5 Å².